The number of likely N-dealkylation sites (tertiary alicyclic amines) is 1. The average Bonchev–Trinajstić information content (AvgIpc) is 3.27. The number of para-hydroxylation sites is 1. The Morgan fingerprint density at radius 1 is 1.25 bits per heavy atom. The fraction of sp³-hybridized carbons (Fsp3) is 0.222. The first-order valence-electron chi connectivity index (χ1n) is 7.89. The van der Waals surface area contributed by atoms with E-state index in [1.807, 2.05) is 47.8 Å². The fourth-order valence-corrected chi connectivity index (χ4v) is 3.50. The third-order valence-electron chi connectivity index (χ3n) is 4.07. The van der Waals surface area contributed by atoms with Crippen LogP contribution in [-0.2, 0) is 0 Å². The number of fused-ring (bicyclic) bond motifs is 1. The first kappa shape index (κ1) is 15.0. The zero-order valence-corrected chi connectivity index (χ0v) is 13.8. The summed E-state index contributed by atoms with van der Waals surface area (Å²) in [5.41, 5.74) is 0.862. The molecule has 1 saturated heterocycles. The Balaban J connectivity index is 1.42. The summed E-state index contributed by atoms with van der Waals surface area (Å²) in [5.74, 6) is 0.776. The van der Waals surface area contributed by atoms with Gasteiger partial charge in [0.25, 0.3) is 0 Å². The average molecular weight is 339 g/mol. The number of carbonyl (C=O) groups excluding carboxylic acids is 1. The standard InChI is InChI=1S/C18H17N3O2S/c22-18(20-16-7-3-11-24-16)21-10-8-14(12-21)23-15-6-1-4-13-5-2-9-19-17(13)15/h1-7,9,11,14H,8,10,12H2,(H,20,22)/t14-/m0/s1. The van der Waals surface area contributed by atoms with Gasteiger partial charge in [-0.25, -0.2) is 4.79 Å². The van der Waals surface area contributed by atoms with Crippen LogP contribution in [-0.4, -0.2) is 35.1 Å². The number of nitrogens with zero attached hydrogens (tertiary/aromatic N) is 2. The topological polar surface area (TPSA) is 54.5 Å². The highest BCUT2D eigenvalue weighted by molar-refractivity contribution is 7.14. The minimum atomic E-state index is -0.0698. The predicted octanol–water partition coefficient (Wildman–Crippen LogP) is 3.98. The summed E-state index contributed by atoms with van der Waals surface area (Å²) >= 11 is 1.52. The van der Waals surface area contributed by atoms with Crippen LogP contribution in [0.1, 0.15) is 6.42 Å². The molecule has 3 aromatic rings. The third-order valence-corrected chi connectivity index (χ3v) is 4.86. The molecular weight excluding hydrogens is 322 g/mol. The molecule has 0 bridgehead atoms. The monoisotopic (exact) mass is 339 g/mol. The molecule has 0 radical (unpaired) electrons. The first-order chi connectivity index (χ1) is 11.8. The Kier molecular flexibility index (Phi) is 4.04. The van der Waals surface area contributed by atoms with Crippen molar-refractivity contribution in [3.05, 3.63) is 54.0 Å². The van der Waals surface area contributed by atoms with Crippen molar-refractivity contribution in [2.75, 3.05) is 18.4 Å². The summed E-state index contributed by atoms with van der Waals surface area (Å²) < 4.78 is 6.12. The molecule has 0 unspecified atom stereocenters. The lowest BCUT2D eigenvalue weighted by Crippen LogP contribution is -2.34. The molecule has 6 heteroatoms. The Bertz CT molecular complexity index is 845. The van der Waals surface area contributed by atoms with E-state index in [0.29, 0.717) is 13.1 Å². The molecule has 1 aromatic carbocycles. The zero-order chi connectivity index (χ0) is 16.4. The molecule has 2 amide bonds. The lowest BCUT2D eigenvalue weighted by atomic mass is 10.2. The van der Waals surface area contributed by atoms with Crippen LogP contribution in [0.15, 0.2) is 54.0 Å². The molecule has 2 aromatic heterocycles. The second kappa shape index (κ2) is 6.49. The minimum absolute atomic E-state index is 0.00769. The third kappa shape index (κ3) is 3.05. The molecular formula is C18H17N3O2S. The van der Waals surface area contributed by atoms with Gasteiger partial charge in [0.05, 0.1) is 11.5 Å². The van der Waals surface area contributed by atoms with E-state index in [9.17, 15) is 4.79 Å². The highest BCUT2D eigenvalue weighted by Gasteiger charge is 2.28. The molecule has 1 atom stereocenters. The van der Waals surface area contributed by atoms with Gasteiger partial charge in [-0.1, -0.05) is 18.2 Å². The highest BCUT2D eigenvalue weighted by atomic mass is 32.1. The van der Waals surface area contributed by atoms with Gasteiger partial charge in [-0.05, 0) is 29.6 Å². The van der Waals surface area contributed by atoms with Crippen molar-refractivity contribution in [1.29, 1.82) is 0 Å². The molecule has 0 aliphatic carbocycles. The van der Waals surface area contributed by atoms with Gasteiger partial charge in [0.15, 0.2) is 0 Å². The molecule has 1 N–H and O–H groups in total. The lowest BCUT2D eigenvalue weighted by molar-refractivity contribution is 0.196. The lowest BCUT2D eigenvalue weighted by Gasteiger charge is -2.18. The van der Waals surface area contributed by atoms with Crippen LogP contribution in [0.3, 0.4) is 0 Å². The van der Waals surface area contributed by atoms with E-state index in [1.54, 1.807) is 11.1 Å². The van der Waals surface area contributed by atoms with Gasteiger partial charge in [0.2, 0.25) is 0 Å². The zero-order valence-electron chi connectivity index (χ0n) is 13.0. The summed E-state index contributed by atoms with van der Waals surface area (Å²) in [6.07, 6.45) is 2.58. The number of thiophene rings is 1. The minimum Gasteiger partial charge on any atom is -0.486 e. The fourth-order valence-electron chi connectivity index (χ4n) is 2.89. The van der Waals surface area contributed by atoms with Crippen LogP contribution in [0, 0.1) is 0 Å². The number of hydrogen-bond acceptors (Lipinski definition) is 4. The molecule has 122 valence electrons. The molecule has 1 aliphatic rings. The number of benzene rings is 1. The Hall–Kier alpha value is -2.60. The Morgan fingerprint density at radius 2 is 2.17 bits per heavy atom. The van der Waals surface area contributed by atoms with E-state index in [-0.39, 0.29) is 12.1 Å². The number of aromatic nitrogens is 1. The van der Waals surface area contributed by atoms with Gasteiger partial charge in [0, 0.05) is 24.5 Å². The van der Waals surface area contributed by atoms with Gasteiger partial charge < -0.3 is 9.64 Å². The van der Waals surface area contributed by atoms with Crippen LogP contribution in [0.5, 0.6) is 5.75 Å². The normalized spacial score (nSPS) is 17.2. The maximum atomic E-state index is 12.3. The van der Waals surface area contributed by atoms with Crippen molar-refractivity contribution >= 4 is 33.3 Å². The number of rotatable bonds is 3. The van der Waals surface area contributed by atoms with Crippen molar-refractivity contribution in [1.82, 2.24) is 9.88 Å². The second-order valence-corrected chi connectivity index (χ2v) is 6.66. The van der Waals surface area contributed by atoms with E-state index < -0.39 is 0 Å². The number of pyridine rings is 1. The largest absolute Gasteiger partial charge is 0.486 e. The summed E-state index contributed by atoms with van der Waals surface area (Å²) in [6.45, 7) is 1.28. The molecule has 3 heterocycles. The van der Waals surface area contributed by atoms with E-state index in [2.05, 4.69) is 10.3 Å². The second-order valence-electron chi connectivity index (χ2n) is 5.71. The quantitative estimate of drug-likeness (QED) is 0.785. The Morgan fingerprint density at radius 3 is 3.04 bits per heavy atom. The van der Waals surface area contributed by atoms with Crippen LogP contribution in [0.25, 0.3) is 10.9 Å². The number of anilines is 1. The van der Waals surface area contributed by atoms with Crippen LogP contribution >= 0.6 is 11.3 Å². The maximum Gasteiger partial charge on any atom is 0.322 e. The molecule has 5 nitrogen and oxygen atoms in total. The summed E-state index contributed by atoms with van der Waals surface area (Å²) in [7, 11) is 0. The molecule has 0 spiro atoms. The van der Waals surface area contributed by atoms with Crippen molar-refractivity contribution in [2.24, 2.45) is 0 Å². The van der Waals surface area contributed by atoms with Crippen LogP contribution in [0.2, 0.25) is 0 Å². The molecule has 1 fully saturated rings. The van der Waals surface area contributed by atoms with E-state index >= 15 is 0 Å². The van der Waals surface area contributed by atoms with Gasteiger partial charge in [-0.15, -0.1) is 11.3 Å². The van der Waals surface area contributed by atoms with Crippen molar-refractivity contribution < 1.29 is 9.53 Å². The highest BCUT2D eigenvalue weighted by Crippen LogP contribution is 2.26. The van der Waals surface area contributed by atoms with E-state index in [0.717, 1.165) is 28.1 Å². The number of urea groups is 1. The molecule has 1 aliphatic heterocycles. The van der Waals surface area contributed by atoms with Gasteiger partial charge >= 0.3 is 6.03 Å². The SMILES string of the molecule is O=C(Nc1cccs1)N1CC[C@H](Oc2cccc3cccnc23)C1. The van der Waals surface area contributed by atoms with Gasteiger partial charge in [-0.2, -0.15) is 0 Å². The Labute approximate surface area is 143 Å². The van der Waals surface area contributed by atoms with Crippen molar-refractivity contribution in [2.45, 2.75) is 12.5 Å². The van der Waals surface area contributed by atoms with Crippen molar-refractivity contribution in [3.63, 3.8) is 0 Å². The maximum absolute atomic E-state index is 12.3. The van der Waals surface area contributed by atoms with Crippen molar-refractivity contribution in [3.8, 4) is 5.75 Å². The molecule has 24 heavy (non-hydrogen) atoms. The number of carbonyl (C=O) groups is 1. The number of hydrogen-bond donors (Lipinski definition) is 1. The van der Waals surface area contributed by atoms with Gasteiger partial charge in [-0.3, -0.25) is 10.3 Å². The smallest absolute Gasteiger partial charge is 0.322 e. The van der Waals surface area contributed by atoms with Crippen LogP contribution in [0.4, 0.5) is 9.80 Å². The van der Waals surface area contributed by atoms with E-state index in [1.165, 1.54) is 11.3 Å². The first-order valence-corrected chi connectivity index (χ1v) is 8.77. The summed E-state index contributed by atoms with van der Waals surface area (Å²) in [6, 6.07) is 13.6. The number of amides is 2. The van der Waals surface area contributed by atoms with Gasteiger partial charge in [0.1, 0.15) is 17.4 Å². The summed E-state index contributed by atoms with van der Waals surface area (Å²) in [4.78, 5) is 18.5. The predicted molar refractivity (Wildman–Crippen MR) is 95.7 cm³/mol. The van der Waals surface area contributed by atoms with Crippen LogP contribution < -0.4 is 10.1 Å². The molecule has 4 rings (SSSR count). The summed E-state index contributed by atoms with van der Waals surface area (Å²) in [5, 5.41) is 6.78. The number of ether oxygens (including phenoxy) is 1. The number of nitrogens with one attached hydrogen (secondary N) is 1. The van der Waals surface area contributed by atoms with E-state index in [4.69, 9.17) is 4.74 Å². The molecule has 0 saturated carbocycles.